The third-order valence-corrected chi connectivity index (χ3v) is 2.66. The lowest BCUT2D eigenvalue weighted by Crippen LogP contribution is -2.08. The van der Waals surface area contributed by atoms with Gasteiger partial charge in [-0.2, -0.15) is 0 Å². The van der Waals surface area contributed by atoms with Gasteiger partial charge in [-0.25, -0.2) is 8.78 Å². The Bertz CT molecular complexity index is 564. The van der Waals surface area contributed by atoms with Crippen molar-refractivity contribution in [3.05, 3.63) is 59.7 Å². The van der Waals surface area contributed by atoms with E-state index in [1.807, 2.05) is 38.1 Å². The van der Waals surface area contributed by atoms with E-state index < -0.39 is 11.6 Å². The summed E-state index contributed by atoms with van der Waals surface area (Å²) in [5.41, 5.74) is 1.34. The molecule has 2 rings (SSSR count). The quantitative estimate of drug-likeness (QED) is 0.876. The van der Waals surface area contributed by atoms with E-state index in [4.69, 9.17) is 4.74 Å². The van der Waals surface area contributed by atoms with Gasteiger partial charge in [-0.1, -0.05) is 12.1 Å². The largest absolute Gasteiger partial charge is 0.489 e. The molecular formula is C16H17F2NO. The minimum Gasteiger partial charge on any atom is -0.489 e. The van der Waals surface area contributed by atoms with Crippen molar-refractivity contribution in [3.8, 4) is 5.75 Å². The smallest absolute Gasteiger partial charge is 0.142 e. The van der Waals surface area contributed by atoms with Crippen LogP contribution in [0.5, 0.6) is 5.75 Å². The lowest BCUT2D eigenvalue weighted by atomic mass is 10.2. The van der Waals surface area contributed by atoms with Gasteiger partial charge < -0.3 is 10.1 Å². The number of nitrogens with one attached hydrogen (secondary N) is 1. The molecule has 2 aromatic carbocycles. The molecule has 0 fully saturated rings. The predicted octanol–water partition coefficient (Wildman–Crippen LogP) is 4.36. The molecule has 0 spiro atoms. The number of benzene rings is 2. The first-order chi connectivity index (χ1) is 9.54. The summed E-state index contributed by atoms with van der Waals surface area (Å²) in [5, 5.41) is 3.13. The summed E-state index contributed by atoms with van der Waals surface area (Å²) in [6.45, 7) is 4.21. The molecule has 4 heteroatoms. The number of ether oxygens (including phenoxy) is 1. The molecule has 2 aromatic rings. The lowest BCUT2D eigenvalue weighted by molar-refractivity contribution is 0.243. The number of para-hydroxylation sites is 2. The number of hydrogen-bond acceptors (Lipinski definition) is 2. The van der Waals surface area contributed by atoms with Gasteiger partial charge in [0, 0.05) is 12.6 Å². The molecule has 1 N–H and O–H groups in total. The van der Waals surface area contributed by atoms with Crippen LogP contribution in [0.15, 0.2) is 42.5 Å². The molecule has 0 unspecified atom stereocenters. The zero-order valence-electron chi connectivity index (χ0n) is 11.5. The fraction of sp³-hybridized carbons (Fsp3) is 0.250. The highest BCUT2D eigenvalue weighted by Gasteiger charge is 2.06. The fourth-order valence-electron chi connectivity index (χ4n) is 1.88. The first-order valence-corrected chi connectivity index (χ1v) is 6.49. The summed E-state index contributed by atoms with van der Waals surface area (Å²) in [6, 6.07) is 11.0. The zero-order valence-corrected chi connectivity index (χ0v) is 11.5. The van der Waals surface area contributed by atoms with Gasteiger partial charge in [-0.15, -0.1) is 0 Å². The van der Waals surface area contributed by atoms with Crippen LogP contribution in [0.25, 0.3) is 0 Å². The predicted molar refractivity (Wildman–Crippen MR) is 75.9 cm³/mol. The van der Waals surface area contributed by atoms with Gasteiger partial charge in [0.1, 0.15) is 17.4 Å². The van der Waals surface area contributed by atoms with Crippen molar-refractivity contribution >= 4 is 5.69 Å². The average molecular weight is 277 g/mol. The molecule has 0 saturated carbocycles. The van der Waals surface area contributed by atoms with E-state index in [9.17, 15) is 8.78 Å². The van der Waals surface area contributed by atoms with Crippen molar-refractivity contribution in [2.24, 2.45) is 0 Å². The highest BCUT2D eigenvalue weighted by atomic mass is 19.1. The Kier molecular flexibility index (Phi) is 4.56. The van der Waals surface area contributed by atoms with E-state index in [1.165, 1.54) is 12.1 Å². The van der Waals surface area contributed by atoms with Gasteiger partial charge in [-0.05, 0) is 43.7 Å². The third-order valence-electron chi connectivity index (χ3n) is 2.66. The van der Waals surface area contributed by atoms with Crippen LogP contribution in [0.1, 0.15) is 19.4 Å². The Balaban J connectivity index is 2.10. The molecule has 0 aliphatic heterocycles. The van der Waals surface area contributed by atoms with Crippen LogP contribution < -0.4 is 10.1 Å². The molecule has 0 aliphatic rings. The molecule has 0 aromatic heterocycles. The molecule has 106 valence electrons. The van der Waals surface area contributed by atoms with Crippen molar-refractivity contribution in [2.45, 2.75) is 26.5 Å². The van der Waals surface area contributed by atoms with E-state index >= 15 is 0 Å². The molecule has 0 heterocycles. The minimum atomic E-state index is -0.575. The number of rotatable bonds is 5. The van der Waals surface area contributed by atoms with Crippen LogP contribution in [0.4, 0.5) is 14.5 Å². The van der Waals surface area contributed by atoms with Gasteiger partial charge in [-0.3, -0.25) is 0 Å². The molecule has 0 saturated heterocycles. The normalized spacial score (nSPS) is 10.7. The number of halogens is 2. The molecule has 0 aliphatic carbocycles. The van der Waals surface area contributed by atoms with Gasteiger partial charge in [0.15, 0.2) is 0 Å². The molecule has 2 nitrogen and oxygen atoms in total. The van der Waals surface area contributed by atoms with Crippen molar-refractivity contribution < 1.29 is 13.5 Å². The highest BCUT2D eigenvalue weighted by Crippen LogP contribution is 2.25. The zero-order chi connectivity index (χ0) is 14.5. The molecule has 0 amide bonds. The van der Waals surface area contributed by atoms with Gasteiger partial charge >= 0.3 is 0 Å². The Morgan fingerprint density at radius 2 is 1.70 bits per heavy atom. The standard InChI is InChI=1S/C16H17F2NO/c1-11(2)20-16-6-4-3-5-15(16)19-10-12-7-13(17)9-14(18)8-12/h3-9,11,19H,10H2,1-2H3. The third kappa shape index (κ3) is 3.95. The topological polar surface area (TPSA) is 21.3 Å². The van der Waals surface area contributed by atoms with Gasteiger partial charge in [0.05, 0.1) is 11.8 Å². The van der Waals surface area contributed by atoms with Crippen molar-refractivity contribution in [1.29, 1.82) is 0 Å². The maximum atomic E-state index is 13.1. The van der Waals surface area contributed by atoms with E-state index in [-0.39, 0.29) is 6.10 Å². The second kappa shape index (κ2) is 6.37. The molecule has 0 radical (unpaired) electrons. The maximum absolute atomic E-state index is 13.1. The lowest BCUT2D eigenvalue weighted by Gasteiger charge is -2.15. The Morgan fingerprint density at radius 1 is 1.05 bits per heavy atom. The number of anilines is 1. The van der Waals surface area contributed by atoms with Crippen LogP contribution in [0, 0.1) is 11.6 Å². The number of hydrogen-bond donors (Lipinski definition) is 1. The highest BCUT2D eigenvalue weighted by molar-refractivity contribution is 5.56. The Labute approximate surface area is 117 Å². The Hall–Kier alpha value is -2.10. The van der Waals surface area contributed by atoms with Crippen molar-refractivity contribution in [2.75, 3.05) is 5.32 Å². The molecule has 20 heavy (non-hydrogen) atoms. The fourth-order valence-corrected chi connectivity index (χ4v) is 1.88. The molecular weight excluding hydrogens is 260 g/mol. The Morgan fingerprint density at radius 3 is 2.35 bits per heavy atom. The summed E-state index contributed by atoms with van der Waals surface area (Å²) in [7, 11) is 0. The van der Waals surface area contributed by atoms with Crippen LogP contribution >= 0.6 is 0 Å². The monoisotopic (exact) mass is 277 g/mol. The first kappa shape index (κ1) is 14.3. The van der Waals surface area contributed by atoms with E-state index in [1.54, 1.807) is 0 Å². The van der Waals surface area contributed by atoms with Crippen LogP contribution in [0.2, 0.25) is 0 Å². The SMILES string of the molecule is CC(C)Oc1ccccc1NCc1cc(F)cc(F)c1. The summed E-state index contributed by atoms with van der Waals surface area (Å²) in [6.07, 6.45) is 0.0598. The minimum absolute atomic E-state index is 0.0598. The van der Waals surface area contributed by atoms with Crippen molar-refractivity contribution in [1.82, 2.24) is 0 Å². The van der Waals surface area contributed by atoms with Gasteiger partial charge in [0.2, 0.25) is 0 Å². The van der Waals surface area contributed by atoms with Gasteiger partial charge in [0.25, 0.3) is 0 Å². The van der Waals surface area contributed by atoms with Crippen LogP contribution in [0.3, 0.4) is 0 Å². The molecule has 0 atom stereocenters. The van der Waals surface area contributed by atoms with Crippen LogP contribution in [-0.4, -0.2) is 6.10 Å². The average Bonchev–Trinajstić information content (AvgIpc) is 2.36. The summed E-state index contributed by atoms with van der Waals surface area (Å²) < 4.78 is 31.9. The van der Waals surface area contributed by atoms with E-state index in [0.717, 1.165) is 17.5 Å². The summed E-state index contributed by atoms with van der Waals surface area (Å²) >= 11 is 0. The second-order valence-corrected chi connectivity index (χ2v) is 4.79. The molecule has 0 bridgehead atoms. The summed E-state index contributed by atoms with van der Waals surface area (Å²) in [5.74, 6) is -0.429. The second-order valence-electron chi connectivity index (χ2n) is 4.79. The summed E-state index contributed by atoms with van der Waals surface area (Å²) in [4.78, 5) is 0. The van der Waals surface area contributed by atoms with E-state index in [0.29, 0.717) is 12.1 Å². The van der Waals surface area contributed by atoms with Crippen LogP contribution in [-0.2, 0) is 6.54 Å². The van der Waals surface area contributed by atoms with Crippen molar-refractivity contribution in [3.63, 3.8) is 0 Å². The van der Waals surface area contributed by atoms with E-state index in [2.05, 4.69) is 5.32 Å². The maximum Gasteiger partial charge on any atom is 0.142 e. The first-order valence-electron chi connectivity index (χ1n) is 6.49.